The van der Waals surface area contributed by atoms with Crippen molar-refractivity contribution in [3.05, 3.63) is 18.3 Å². The molecule has 1 aliphatic heterocycles. The average Bonchev–Trinajstić information content (AvgIpc) is 2.61. The van der Waals surface area contributed by atoms with E-state index in [0.717, 1.165) is 19.5 Å². The third kappa shape index (κ3) is 1.89. The van der Waals surface area contributed by atoms with Crippen LogP contribution in [-0.4, -0.2) is 29.3 Å². The summed E-state index contributed by atoms with van der Waals surface area (Å²) in [4.78, 5) is 3.94. The van der Waals surface area contributed by atoms with Crippen LogP contribution in [0.2, 0.25) is 0 Å². The maximum absolute atomic E-state index is 9.36. The van der Waals surface area contributed by atoms with Crippen molar-refractivity contribution in [1.82, 2.24) is 10.3 Å². The van der Waals surface area contributed by atoms with Crippen LogP contribution in [0.25, 0.3) is 0 Å². The predicted octanol–water partition coefficient (Wildman–Crippen LogP) is 0.528. The molecule has 1 aromatic heterocycles. The fourth-order valence-electron chi connectivity index (χ4n) is 1.36. The molecule has 0 radical (unpaired) electrons. The molecular formula is C9H12N2O2. The second-order valence-electron chi connectivity index (χ2n) is 3.06. The van der Waals surface area contributed by atoms with E-state index < -0.39 is 0 Å². The molecule has 0 amide bonds. The van der Waals surface area contributed by atoms with Crippen LogP contribution >= 0.6 is 0 Å². The Balaban J connectivity index is 2.04. The Kier molecular flexibility index (Phi) is 2.31. The minimum atomic E-state index is 0.106. The van der Waals surface area contributed by atoms with Gasteiger partial charge >= 0.3 is 0 Å². The van der Waals surface area contributed by atoms with Crippen molar-refractivity contribution >= 4 is 0 Å². The molecule has 1 saturated heterocycles. The number of aromatic hydroxyl groups is 1. The smallest absolute Gasteiger partial charge is 0.257 e. The highest BCUT2D eigenvalue weighted by atomic mass is 16.5. The lowest BCUT2D eigenvalue weighted by Gasteiger charge is -2.11. The molecule has 0 bridgehead atoms. The molecule has 0 aromatic carbocycles. The first-order valence-corrected chi connectivity index (χ1v) is 4.37. The number of ether oxygens (including phenoxy) is 1. The van der Waals surface area contributed by atoms with Crippen LogP contribution in [0.3, 0.4) is 0 Å². The van der Waals surface area contributed by atoms with Crippen molar-refractivity contribution in [2.24, 2.45) is 0 Å². The molecule has 1 aliphatic rings. The second-order valence-corrected chi connectivity index (χ2v) is 3.06. The Morgan fingerprint density at radius 1 is 1.62 bits per heavy atom. The summed E-state index contributed by atoms with van der Waals surface area (Å²) in [6.07, 6.45) is 2.72. The van der Waals surface area contributed by atoms with Crippen LogP contribution in [0, 0.1) is 0 Å². The molecule has 4 heteroatoms. The van der Waals surface area contributed by atoms with Crippen LogP contribution in [0.1, 0.15) is 6.42 Å². The minimum Gasteiger partial charge on any atom is -0.503 e. The number of hydrogen-bond acceptors (Lipinski definition) is 4. The second kappa shape index (κ2) is 3.62. The highest BCUT2D eigenvalue weighted by Gasteiger charge is 2.17. The molecule has 2 rings (SSSR count). The molecule has 13 heavy (non-hydrogen) atoms. The van der Waals surface area contributed by atoms with E-state index in [0.29, 0.717) is 5.88 Å². The van der Waals surface area contributed by atoms with Gasteiger partial charge in [-0.25, -0.2) is 4.98 Å². The summed E-state index contributed by atoms with van der Waals surface area (Å²) in [5.74, 6) is 0.436. The van der Waals surface area contributed by atoms with E-state index in [2.05, 4.69) is 10.3 Å². The molecule has 4 nitrogen and oxygen atoms in total. The Bertz CT molecular complexity index is 285. The standard InChI is InChI=1S/C9H12N2O2/c12-8-2-1-4-11-9(8)13-7-3-5-10-6-7/h1-2,4,7,10,12H,3,5-6H2/t7-/m1/s1. The number of pyridine rings is 1. The Morgan fingerprint density at radius 3 is 3.23 bits per heavy atom. The van der Waals surface area contributed by atoms with Gasteiger partial charge in [0.1, 0.15) is 6.10 Å². The molecule has 70 valence electrons. The maximum atomic E-state index is 9.36. The molecule has 1 aromatic rings. The van der Waals surface area contributed by atoms with Gasteiger partial charge in [0.2, 0.25) is 0 Å². The third-order valence-corrected chi connectivity index (χ3v) is 2.04. The minimum absolute atomic E-state index is 0.106. The molecule has 0 saturated carbocycles. The lowest BCUT2D eigenvalue weighted by atomic mass is 10.3. The summed E-state index contributed by atoms with van der Waals surface area (Å²) in [6, 6.07) is 3.25. The number of aromatic nitrogens is 1. The third-order valence-electron chi connectivity index (χ3n) is 2.04. The largest absolute Gasteiger partial charge is 0.503 e. The van der Waals surface area contributed by atoms with Gasteiger partial charge in [-0.2, -0.15) is 0 Å². The predicted molar refractivity (Wildman–Crippen MR) is 47.8 cm³/mol. The van der Waals surface area contributed by atoms with Crippen LogP contribution in [0.15, 0.2) is 18.3 Å². The topological polar surface area (TPSA) is 54.4 Å². The lowest BCUT2D eigenvalue weighted by molar-refractivity contribution is 0.204. The maximum Gasteiger partial charge on any atom is 0.257 e. The van der Waals surface area contributed by atoms with Crippen molar-refractivity contribution in [2.75, 3.05) is 13.1 Å². The van der Waals surface area contributed by atoms with Crippen LogP contribution in [0.4, 0.5) is 0 Å². The van der Waals surface area contributed by atoms with Gasteiger partial charge in [-0.1, -0.05) is 0 Å². The number of nitrogens with zero attached hydrogens (tertiary/aromatic N) is 1. The number of nitrogens with one attached hydrogen (secondary N) is 1. The van der Waals surface area contributed by atoms with Gasteiger partial charge in [0, 0.05) is 12.7 Å². The van der Waals surface area contributed by atoms with Gasteiger partial charge in [-0.15, -0.1) is 0 Å². The molecule has 0 spiro atoms. The van der Waals surface area contributed by atoms with Crippen LogP contribution in [0.5, 0.6) is 11.6 Å². The fraction of sp³-hybridized carbons (Fsp3) is 0.444. The first kappa shape index (κ1) is 8.31. The highest BCUT2D eigenvalue weighted by molar-refractivity contribution is 5.30. The van der Waals surface area contributed by atoms with Gasteiger partial charge in [0.15, 0.2) is 5.75 Å². The zero-order valence-electron chi connectivity index (χ0n) is 7.23. The quantitative estimate of drug-likeness (QED) is 0.697. The van der Waals surface area contributed by atoms with Crippen LogP contribution in [-0.2, 0) is 0 Å². The summed E-state index contributed by atoms with van der Waals surface area (Å²) in [7, 11) is 0. The average molecular weight is 180 g/mol. The molecule has 0 unspecified atom stereocenters. The van der Waals surface area contributed by atoms with Crippen molar-refractivity contribution in [2.45, 2.75) is 12.5 Å². The van der Waals surface area contributed by atoms with Gasteiger partial charge in [0.25, 0.3) is 5.88 Å². The van der Waals surface area contributed by atoms with Gasteiger partial charge in [-0.3, -0.25) is 0 Å². The lowest BCUT2D eigenvalue weighted by Crippen LogP contribution is -2.20. The Hall–Kier alpha value is -1.29. The first-order valence-electron chi connectivity index (χ1n) is 4.37. The van der Waals surface area contributed by atoms with E-state index in [1.165, 1.54) is 0 Å². The number of rotatable bonds is 2. The van der Waals surface area contributed by atoms with Crippen molar-refractivity contribution in [1.29, 1.82) is 0 Å². The Morgan fingerprint density at radius 2 is 2.54 bits per heavy atom. The van der Waals surface area contributed by atoms with Gasteiger partial charge in [0.05, 0.1) is 0 Å². The van der Waals surface area contributed by atoms with Crippen molar-refractivity contribution < 1.29 is 9.84 Å². The summed E-state index contributed by atoms with van der Waals surface area (Å²) in [5, 5.41) is 12.5. The molecule has 1 atom stereocenters. The molecule has 1 fully saturated rings. The Labute approximate surface area is 76.6 Å². The van der Waals surface area contributed by atoms with Crippen LogP contribution < -0.4 is 10.1 Å². The zero-order valence-corrected chi connectivity index (χ0v) is 7.23. The summed E-state index contributed by atoms with van der Waals surface area (Å²) >= 11 is 0. The molecule has 2 N–H and O–H groups in total. The molecular weight excluding hydrogens is 168 g/mol. The van der Waals surface area contributed by atoms with Gasteiger partial charge in [-0.05, 0) is 25.1 Å². The summed E-state index contributed by atoms with van der Waals surface area (Å²) in [6.45, 7) is 1.80. The van der Waals surface area contributed by atoms with E-state index in [4.69, 9.17) is 4.74 Å². The van der Waals surface area contributed by atoms with E-state index in [1.807, 2.05) is 0 Å². The summed E-state index contributed by atoms with van der Waals surface area (Å²) in [5.41, 5.74) is 0. The van der Waals surface area contributed by atoms with E-state index >= 15 is 0 Å². The summed E-state index contributed by atoms with van der Waals surface area (Å²) < 4.78 is 5.48. The molecule has 2 heterocycles. The SMILES string of the molecule is Oc1cccnc1O[C@@H]1CCNC1. The normalized spacial score (nSPS) is 21.7. The van der Waals surface area contributed by atoms with Crippen molar-refractivity contribution in [3.63, 3.8) is 0 Å². The van der Waals surface area contributed by atoms with E-state index in [9.17, 15) is 5.11 Å². The highest BCUT2D eigenvalue weighted by Crippen LogP contribution is 2.23. The fourth-order valence-corrected chi connectivity index (χ4v) is 1.36. The first-order chi connectivity index (χ1) is 6.36. The number of hydrogen-bond donors (Lipinski definition) is 2. The molecule has 0 aliphatic carbocycles. The van der Waals surface area contributed by atoms with Crippen molar-refractivity contribution in [3.8, 4) is 11.6 Å². The van der Waals surface area contributed by atoms with E-state index in [-0.39, 0.29) is 11.9 Å². The monoisotopic (exact) mass is 180 g/mol. The zero-order chi connectivity index (χ0) is 9.10. The van der Waals surface area contributed by atoms with E-state index in [1.54, 1.807) is 18.3 Å². The van der Waals surface area contributed by atoms with Gasteiger partial charge < -0.3 is 15.2 Å².